The Morgan fingerprint density at radius 3 is 2.62 bits per heavy atom. The van der Waals surface area contributed by atoms with Gasteiger partial charge < -0.3 is 14.6 Å². The number of hydrogen-bond acceptors (Lipinski definition) is 7. The number of aryl methyl sites for hydroxylation is 2. The van der Waals surface area contributed by atoms with Crippen molar-refractivity contribution in [3.63, 3.8) is 0 Å². The molecule has 3 aromatic rings. The van der Waals surface area contributed by atoms with Gasteiger partial charge in [0, 0.05) is 49.8 Å². The zero-order chi connectivity index (χ0) is 22.7. The van der Waals surface area contributed by atoms with Gasteiger partial charge in [0.25, 0.3) is 5.56 Å². The third-order valence-corrected chi connectivity index (χ3v) is 6.26. The number of aromatic nitrogens is 5. The van der Waals surface area contributed by atoms with Gasteiger partial charge in [-0.1, -0.05) is 13.0 Å². The van der Waals surface area contributed by atoms with Crippen LogP contribution in [0, 0.1) is 13.8 Å². The number of nitrogens with zero attached hydrogens (tertiary/aromatic N) is 6. The first-order chi connectivity index (χ1) is 15.5. The summed E-state index contributed by atoms with van der Waals surface area (Å²) in [5, 5.41) is 13.6. The monoisotopic (exact) mass is 439 g/mol. The van der Waals surface area contributed by atoms with Crippen LogP contribution in [-0.4, -0.2) is 81.4 Å². The molecule has 1 aromatic carbocycles. The Balaban J connectivity index is 1.79. The summed E-state index contributed by atoms with van der Waals surface area (Å²) in [6.07, 6.45) is 1.14. The van der Waals surface area contributed by atoms with E-state index in [1.807, 2.05) is 19.1 Å². The van der Waals surface area contributed by atoms with Crippen LogP contribution in [0.15, 0.2) is 23.0 Å². The Morgan fingerprint density at radius 2 is 1.91 bits per heavy atom. The van der Waals surface area contributed by atoms with Gasteiger partial charge in [-0.2, -0.15) is 0 Å². The molecule has 0 bridgehead atoms. The van der Waals surface area contributed by atoms with Gasteiger partial charge in [-0.25, -0.2) is 4.68 Å². The minimum Gasteiger partial charge on any atom is -0.383 e. The summed E-state index contributed by atoms with van der Waals surface area (Å²) in [6.45, 7) is 12.1. The Hall–Kier alpha value is -2.62. The Morgan fingerprint density at radius 1 is 1.12 bits per heavy atom. The summed E-state index contributed by atoms with van der Waals surface area (Å²) in [5.41, 5.74) is 3.72. The first kappa shape index (κ1) is 22.6. The summed E-state index contributed by atoms with van der Waals surface area (Å²) >= 11 is 0. The van der Waals surface area contributed by atoms with E-state index in [-0.39, 0.29) is 11.6 Å². The van der Waals surface area contributed by atoms with E-state index in [0.717, 1.165) is 61.2 Å². The molecule has 0 amide bonds. The molecule has 0 aliphatic carbocycles. The van der Waals surface area contributed by atoms with Gasteiger partial charge in [-0.15, -0.1) is 5.10 Å². The first-order valence-corrected chi connectivity index (χ1v) is 11.4. The van der Waals surface area contributed by atoms with Crippen LogP contribution in [0.2, 0.25) is 0 Å². The molecule has 1 saturated heterocycles. The van der Waals surface area contributed by atoms with Crippen LogP contribution >= 0.6 is 0 Å². The normalized spacial score (nSPS) is 16.6. The number of ether oxygens (including phenoxy) is 1. The molecule has 32 heavy (non-hydrogen) atoms. The van der Waals surface area contributed by atoms with Gasteiger partial charge in [0.15, 0.2) is 5.82 Å². The molecule has 1 fully saturated rings. The van der Waals surface area contributed by atoms with Crippen molar-refractivity contribution in [2.75, 3.05) is 46.4 Å². The van der Waals surface area contributed by atoms with E-state index in [4.69, 9.17) is 4.74 Å². The highest BCUT2D eigenvalue weighted by Gasteiger charge is 2.32. The Bertz CT molecular complexity index is 1120. The summed E-state index contributed by atoms with van der Waals surface area (Å²) in [4.78, 5) is 21.3. The summed E-state index contributed by atoms with van der Waals surface area (Å²) < 4.78 is 7.01. The van der Waals surface area contributed by atoms with Crippen molar-refractivity contribution < 1.29 is 4.74 Å². The third kappa shape index (κ3) is 4.60. The predicted octanol–water partition coefficient (Wildman–Crippen LogP) is 1.89. The van der Waals surface area contributed by atoms with Crippen LogP contribution in [0.5, 0.6) is 0 Å². The zero-order valence-electron chi connectivity index (χ0n) is 19.5. The second-order valence-electron chi connectivity index (χ2n) is 8.63. The van der Waals surface area contributed by atoms with E-state index in [9.17, 15) is 4.79 Å². The number of pyridine rings is 1. The SMILES string of the molecule is CCCN1CCN(C(c2cc3c(C)cc(C)cc3[nH]c2=O)c2nnnn2CCOC)CC1. The van der Waals surface area contributed by atoms with Crippen molar-refractivity contribution in [2.45, 2.75) is 39.8 Å². The quantitative estimate of drug-likeness (QED) is 0.573. The molecule has 172 valence electrons. The molecule has 1 aliphatic heterocycles. The lowest BCUT2D eigenvalue weighted by molar-refractivity contribution is 0.103. The van der Waals surface area contributed by atoms with Crippen molar-refractivity contribution in [2.24, 2.45) is 0 Å². The number of aromatic amines is 1. The van der Waals surface area contributed by atoms with Gasteiger partial charge in [-0.05, 0) is 60.5 Å². The number of tetrazole rings is 1. The van der Waals surface area contributed by atoms with Crippen molar-refractivity contribution in [3.8, 4) is 0 Å². The number of methoxy groups -OCH3 is 1. The van der Waals surface area contributed by atoms with Crippen molar-refractivity contribution in [1.29, 1.82) is 0 Å². The fourth-order valence-electron chi connectivity index (χ4n) is 4.70. The van der Waals surface area contributed by atoms with E-state index >= 15 is 0 Å². The van der Waals surface area contributed by atoms with Crippen LogP contribution < -0.4 is 5.56 Å². The molecule has 0 radical (unpaired) electrons. The molecule has 4 rings (SSSR count). The van der Waals surface area contributed by atoms with Crippen LogP contribution in [-0.2, 0) is 11.3 Å². The van der Waals surface area contributed by atoms with Crippen LogP contribution in [0.4, 0.5) is 0 Å². The van der Waals surface area contributed by atoms with Gasteiger partial charge >= 0.3 is 0 Å². The van der Waals surface area contributed by atoms with E-state index < -0.39 is 0 Å². The second-order valence-corrected chi connectivity index (χ2v) is 8.63. The minimum atomic E-state index is -0.320. The predicted molar refractivity (Wildman–Crippen MR) is 124 cm³/mol. The van der Waals surface area contributed by atoms with Crippen molar-refractivity contribution >= 4 is 10.9 Å². The fraction of sp³-hybridized carbons (Fsp3) is 0.565. The molecule has 9 heteroatoms. The third-order valence-electron chi connectivity index (χ3n) is 6.26. The lowest BCUT2D eigenvalue weighted by Gasteiger charge is -2.38. The molecule has 9 nitrogen and oxygen atoms in total. The standard InChI is InChI=1S/C23H33N7O2/c1-5-6-28-7-9-29(10-8-28)21(22-25-26-27-30(22)11-12-32-4)19-15-18-17(3)13-16(2)14-20(18)24-23(19)31/h13-15,21H,5-12H2,1-4H3,(H,24,31). The fourth-order valence-corrected chi connectivity index (χ4v) is 4.70. The maximum Gasteiger partial charge on any atom is 0.253 e. The number of fused-ring (bicyclic) bond motifs is 1. The molecule has 1 unspecified atom stereocenters. The molecular weight excluding hydrogens is 406 g/mol. The first-order valence-electron chi connectivity index (χ1n) is 11.4. The van der Waals surface area contributed by atoms with Crippen molar-refractivity contribution in [3.05, 3.63) is 51.1 Å². The number of benzene rings is 1. The largest absolute Gasteiger partial charge is 0.383 e. The lowest BCUT2D eigenvalue weighted by Crippen LogP contribution is -2.49. The Kier molecular flexibility index (Phi) is 6.98. The number of H-pyrrole nitrogens is 1. The second kappa shape index (κ2) is 9.89. The van der Waals surface area contributed by atoms with Gasteiger partial charge in [-0.3, -0.25) is 9.69 Å². The highest BCUT2D eigenvalue weighted by molar-refractivity contribution is 5.83. The summed E-state index contributed by atoms with van der Waals surface area (Å²) in [7, 11) is 1.66. The van der Waals surface area contributed by atoms with E-state index in [0.29, 0.717) is 24.5 Å². The number of piperazine rings is 1. The molecule has 1 aliphatic rings. The topological polar surface area (TPSA) is 92.2 Å². The van der Waals surface area contributed by atoms with Crippen LogP contribution in [0.1, 0.15) is 41.9 Å². The average Bonchev–Trinajstić information content (AvgIpc) is 3.22. The highest BCUT2D eigenvalue weighted by Crippen LogP contribution is 2.29. The lowest BCUT2D eigenvalue weighted by atomic mass is 9.99. The molecular formula is C23H33N7O2. The molecule has 0 saturated carbocycles. The molecule has 0 spiro atoms. The number of rotatable bonds is 8. The molecule has 3 heterocycles. The molecule has 1 N–H and O–H groups in total. The summed E-state index contributed by atoms with van der Waals surface area (Å²) in [5.74, 6) is 0.681. The maximum absolute atomic E-state index is 13.3. The average molecular weight is 440 g/mol. The Labute approximate surface area is 188 Å². The number of nitrogens with one attached hydrogen (secondary N) is 1. The van der Waals surface area contributed by atoms with Crippen LogP contribution in [0.25, 0.3) is 10.9 Å². The van der Waals surface area contributed by atoms with E-state index in [1.165, 1.54) is 0 Å². The molecule has 2 aromatic heterocycles. The summed E-state index contributed by atoms with van der Waals surface area (Å²) in [6, 6.07) is 5.88. The number of hydrogen-bond donors (Lipinski definition) is 1. The zero-order valence-corrected chi connectivity index (χ0v) is 19.5. The van der Waals surface area contributed by atoms with Gasteiger partial charge in [0.05, 0.1) is 13.2 Å². The van der Waals surface area contributed by atoms with Gasteiger partial charge in [0.1, 0.15) is 6.04 Å². The minimum absolute atomic E-state index is 0.0928. The van der Waals surface area contributed by atoms with Crippen LogP contribution in [0.3, 0.4) is 0 Å². The van der Waals surface area contributed by atoms with E-state index in [1.54, 1.807) is 11.8 Å². The van der Waals surface area contributed by atoms with E-state index in [2.05, 4.69) is 50.2 Å². The molecule has 1 atom stereocenters. The highest BCUT2D eigenvalue weighted by atomic mass is 16.5. The van der Waals surface area contributed by atoms with Crippen molar-refractivity contribution in [1.82, 2.24) is 35.0 Å². The smallest absolute Gasteiger partial charge is 0.253 e. The van der Waals surface area contributed by atoms with Gasteiger partial charge in [0.2, 0.25) is 0 Å². The maximum atomic E-state index is 13.3.